The molecular weight excluding hydrogens is 769 g/mol. The molecule has 0 bridgehead atoms. The molecule has 0 radical (unpaired) electrons. The largest absolute Gasteiger partial charge is 0.494 e. The Hall–Kier alpha value is -5.81. The maximum Gasteiger partial charge on any atom is 0.363 e. The molecule has 5 aromatic rings. The summed E-state index contributed by atoms with van der Waals surface area (Å²) in [7, 11) is -1.58. The highest BCUT2D eigenvalue weighted by Crippen LogP contribution is 2.42. The second kappa shape index (κ2) is 23.6. The Kier molecular flexibility index (Phi) is 17.7. The van der Waals surface area contributed by atoms with Gasteiger partial charge in [-0.05, 0) is 73.4 Å². The van der Waals surface area contributed by atoms with Gasteiger partial charge in [-0.1, -0.05) is 112 Å². The lowest BCUT2D eigenvalue weighted by molar-refractivity contribution is -0.171. The monoisotopic (exact) mass is 821 g/mol. The number of unbranched alkanes of at least 4 members (excludes halogenated alkanes) is 2. The Labute approximate surface area is 347 Å². The minimum atomic E-state index is -1.58. The maximum absolute atomic E-state index is 13.6. The Bertz CT molecular complexity index is 2020. The average Bonchev–Trinajstić information content (AvgIpc) is 3.77. The van der Waals surface area contributed by atoms with E-state index in [4.69, 9.17) is 23.0 Å². The summed E-state index contributed by atoms with van der Waals surface area (Å²) in [6.07, 6.45) is 3.74. The van der Waals surface area contributed by atoms with Crippen molar-refractivity contribution in [3.8, 4) is 17.1 Å². The molecule has 2 unspecified atom stereocenters. The molecule has 0 saturated carbocycles. The average molecular weight is 822 g/mol. The van der Waals surface area contributed by atoms with Crippen molar-refractivity contribution >= 4 is 37.9 Å². The first-order valence-electron chi connectivity index (χ1n) is 19.9. The van der Waals surface area contributed by atoms with Crippen LogP contribution in [0.4, 0.5) is 0 Å². The van der Waals surface area contributed by atoms with Crippen LogP contribution in [0.1, 0.15) is 84.9 Å². The number of hydrogen-bond acceptors (Lipinski definition) is 9. The summed E-state index contributed by atoms with van der Waals surface area (Å²) in [5, 5.41) is 7.17. The van der Waals surface area contributed by atoms with Gasteiger partial charge in [0.15, 0.2) is 5.76 Å². The van der Waals surface area contributed by atoms with Gasteiger partial charge in [-0.3, -0.25) is 14.4 Å². The van der Waals surface area contributed by atoms with E-state index < -0.39 is 38.1 Å². The fourth-order valence-corrected chi connectivity index (χ4v) is 7.75. The van der Waals surface area contributed by atoms with Crippen molar-refractivity contribution < 1.29 is 42.2 Å². The SMILES string of the molecule is CCCCCC(C(=O)NCNC(=O)c1ccc(-c2cc(OCC)cc(P(OCc3ccccc3)OCc3ccccc3)c2)o1)C(CC)N(C=O)OC(=O)c1ccccc1. The van der Waals surface area contributed by atoms with E-state index in [2.05, 4.69) is 17.6 Å². The van der Waals surface area contributed by atoms with Crippen LogP contribution >= 0.6 is 8.38 Å². The van der Waals surface area contributed by atoms with Crippen LogP contribution in [0.5, 0.6) is 5.75 Å². The number of carbonyl (C=O) groups is 4. The lowest BCUT2D eigenvalue weighted by Crippen LogP contribution is -2.49. The van der Waals surface area contributed by atoms with Gasteiger partial charge in [-0.15, -0.1) is 0 Å². The van der Waals surface area contributed by atoms with Crippen LogP contribution in [0.25, 0.3) is 11.3 Å². The summed E-state index contributed by atoms with van der Waals surface area (Å²) in [6.45, 7) is 6.67. The molecule has 5 rings (SSSR count). The first-order valence-corrected chi connectivity index (χ1v) is 21.1. The number of nitrogens with one attached hydrogen (secondary N) is 2. The smallest absolute Gasteiger partial charge is 0.363 e. The molecule has 2 N–H and O–H groups in total. The predicted octanol–water partition coefficient (Wildman–Crippen LogP) is 8.73. The summed E-state index contributed by atoms with van der Waals surface area (Å²) in [6, 6.07) is 36.2. The molecule has 1 aromatic heterocycles. The molecule has 0 fully saturated rings. The highest BCUT2D eigenvalue weighted by Gasteiger charge is 2.33. The summed E-state index contributed by atoms with van der Waals surface area (Å²) >= 11 is 0. The Morgan fingerprint density at radius 3 is 2.02 bits per heavy atom. The highest BCUT2D eigenvalue weighted by molar-refractivity contribution is 7.56. The fraction of sp³-hybridized carbons (Fsp3) is 0.304. The van der Waals surface area contributed by atoms with E-state index in [0.717, 1.165) is 40.8 Å². The van der Waals surface area contributed by atoms with E-state index in [-0.39, 0.29) is 18.0 Å². The number of amides is 3. The van der Waals surface area contributed by atoms with Crippen molar-refractivity contribution in [1.29, 1.82) is 0 Å². The van der Waals surface area contributed by atoms with Crippen LogP contribution in [0, 0.1) is 5.92 Å². The van der Waals surface area contributed by atoms with Crippen molar-refractivity contribution in [1.82, 2.24) is 15.7 Å². The molecule has 2 atom stereocenters. The molecule has 4 aromatic carbocycles. The van der Waals surface area contributed by atoms with Crippen molar-refractivity contribution in [2.45, 2.75) is 72.1 Å². The van der Waals surface area contributed by atoms with Crippen molar-refractivity contribution in [3.63, 3.8) is 0 Å². The minimum Gasteiger partial charge on any atom is -0.494 e. The van der Waals surface area contributed by atoms with Gasteiger partial charge in [-0.2, -0.15) is 5.06 Å². The van der Waals surface area contributed by atoms with E-state index in [0.29, 0.717) is 56.1 Å². The standard InChI is InChI=1S/C46H52N3O9P/c1-4-7-11-24-40(41(5-2)49(33-50)58-46(53)36-22-16-10-17-23-36)44(51)47-32-48-45(52)43-26-25-42(57-43)37-27-38(54-6-3)29-39(28-37)59(55-30-34-18-12-8-13-19-34)56-31-35-20-14-9-15-21-35/h8-10,12-23,25-29,33,40-41H,4-7,11,24,30-32H2,1-3H3,(H,47,51)(H,48,52). The number of ether oxygens (including phenoxy) is 1. The summed E-state index contributed by atoms with van der Waals surface area (Å²) in [5.74, 6) is -1.31. The topological polar surface area (TPSA) is 146 Å². The van der Waals surface area contributed by atoms with E-state index in [1.807, 2.05) is 92.7 Å². The lowest BCUT2D eigenvalue weighted by Gasteiger charge is -2.31. The van der Waals surface area contributed by atoms with Crippen LogP contribution in [-0.2, 0) is 36.7 Å². The number of hydrogen-bond donors (Lipinski definition) is 2. The number of hydroxylamine groups is 2. The third-order valence-electron chi connectivity index (χ3n) is 9.39. The summed E-state index contributed by atoms with van der Waals surface area (Å²) < 4.78 is 24.8. The van der Waals surface area contributed by atoms with Crippen molar-refractivity contribution in [2.75, 3.05) is 13.3 Å². The number of nitrogens with zero attached hydrogens (tertiary/aromatic N) is 1. The normalized spacial score (nSPS) is 12.0. The highest BCUT2D eigenvalue weighted by atomic mass is 31.2. The lowest BCUT2D eigenvalue weighted by atomic mass is 9.90. The fourth-order valence-electron chi connectivity index (χ4n) is 6.37. The van der Waals surface area contributed by atoms with Crippen LogP contribution in [0.15, 0.2) is 126 Å². The van der Waals surface area contributed by atoms with Gasteiger partial charge >= 0.3 is 5.97 Å². The van der Waals surface area contributed by atoms with Gasteiger partial charge in [-0.25, -0.2) is 4.79 Å². The molecule has 1 heterocycles. The van der Waals surface area contributed by atoms with Crippen molar-refractivity contribution in [2.24, 2.45) is 5.92 Å². The number of furan rings is 1. The molecule has 12 nitrogen and oxygen atoms in total. The molecule has 0 aliphatic carbocycles. The number of rotatable bonds is 24. The first-order chi connectivity index (χ1) is 28.8. The Morgan fingerprint density at radius 1 is 0.780 bits per heavy atom. The van der Waals surface area contributed by atoms with Crippen molar-refractivity contribution in [3.05, 3.63) is 144 Å². The third kappa shape index (κ3) is 13.4. The third-order valence-corrected chi connectivity index (χ3v) is 10.8. The van der Waals surface area contributed by atoms with Crippen LogP contribution < -0.4 is 20.7 Å². The van der Waals surface area contributed by atoms with Gasteiger partial charge < -0.3 is 33.7 Å². The second-order valence-electron chi connectivity index (χ2n) is 13.6. The number of benzene rings is 4. The molecule has 0 spiro atoms. The predicted molar refractivity (Wildman–Crippen MR) is 226 cm³/mol. The van der Waals surface area contributed by atoms with Gasteiger partial charge in [0.25, 0.3) is 5.91 Å². The first kappa shape index (κ1) is 44.3. The van der Waals surface area contributed by atoms with Gasteiger partial charge in [0.2, 0.25) is 20.7 Å². The molecule has 0 aliphatic heterocycles. The van der Waals surface area contributed by atoms with E-state index in [1.54, 1.807) is 42.5 Å². The van der Waals surface area contributed by atoms with E-state index >= 15 is 0 Å². The zero-order chi connectivity index (χ0) is 41.8. The number of carbonyl (C=O) groups excluding carboxylic acids is 4. The van der Waals surface area contributed by atoms with Gasteiger partial charge in [0, 0.05) is 10.9 Å². The van der Waals surface area contributed by atoms with Gasteiger partial charge in [0.05, 0.1) is 44.0 Å². The molecule has 13 heteroatoms. The van der Waals surface area contributed by atoms with E-state index in [1.165, 1.54) is 0 Å². The van der Waals surface area contributed by atoms with E-state index in [9.17, 15) is 19.2 Å². The molecule has 0 saturated heterocycles. The van der Waals surface area contributed by atoms with Crippen LogP contribution in [0.2, 0.25) is 0 Å². The Balaban J connectivity index is 1.27. The van der Waals surface area contributed by atoms with Crippen LogP contribution in [0.3, 0.4) is 0 Å². The molecule has 3 amide bonds. The maximum atomic E-state index is 13.6. The molecule has 59 heavy (non-hydrogen) atoms. The zero-order valence-corrected chi connectivity index (χ0v) is 34.6. The molecular formula is C46H52N3O9P. The summed E-state index contributed by atoms with van der Waals surface area (Å²) in [4.78, 5) is 57.4. The van der Waals surface area contributed by atoms with Gasteiger partial charge in [0.1, 0.15) is 11.5 Å². The quantitative estimate of drug-likeness (QED) is 0.0205. The Morgan fingerprint density at radius 2 is 1.42 bits per heavy atom. The second-order valence-corrected chi connectivity index (χ2v) is 15.1. The minimum absolute atomic E-state index is 0.0337. The molecule has 310 valence electrons. The zero-order valence-electron chi connectivity index (χ0n) is 33.7. The molecule has 0 aliphatic rings. The summed E-state index contributed by atoms with van der Waals surface area (Å²) in [5.41, 5.74) is 2.95. The van der Waals surface area contributed by atoms with Crippen LogP contribution in [-0.4, -0.2) is 48.6 Å².